The van der Waals surface area contributed by atoms with E-state index in [0.717, 1.165) is 12.8 Å². The average molecular weight is 261 g/mol. The van der Waals surface area contributed by atoms with E-state index in [0.29, 0.717) is 6.61 Å². The number of hydrogen-bond donors (Lipinski definition) is 0. The molecule has 3 heteroatoms. The number of nitrogens with zero attached hydrogens (tertiary/aromatic N) is 1. The smallest absolute Gasteiger partial charge is 0.142 e. The van der Waals surface area contributed by atoms with Gasteiger partial charge in [-0.1, -0.05) is 67.1 Å². The summed E-state index contributed by atoms with van der Waals surface area (Å²) in [5, 5.41) is 4.34. The second kappa shape index (κ2) is 6.18. The molecule has 0 amide bonds. The molecule has 0 aliphatic carbocycles. The lowest BCUT2D eigenvalue weighted by atomic mass is 10.2. The van der Waals surface area contributed by atoms with E-state index in [1.807, 2.05) is 18.2 Å². The van der Waals surface area contributed by atoms with Gasteiger partial charge < -0.3 is 4.84 Å². The fourth-order valence-corrected chi connectivity index (χ4v) is 4.72. The molecule has 1 aliphatic heterocycles. The van der Waals surface area contributed by atoms with E-state index in [2.05, 4.69) is 30.4 Å². The molecule has 1 heterocycles. The maximum atomic E-state index is 5.49. The molecule has 1 aromatic carbocycles. The molecule has 1 aromatic rings. The van der Waals surface area contributed by atoms with Crippen molar-refractivity contribution >= 4 is 13.8 Å². The van der Waals surface area contributed by atoms with Crippen LogP contribution in [-0.4, -0.2) is 13.8 Å². The standard InChI is InChI=1S/C15H23NOSi/c1-18(2)11-6-9-15(10-12-18)16-17-13-14-7-4-3-5-8-14/h3-5,7-8H,6,9-13H2,1-2H3/b16-15+. The average Bonchev–Trinajstić information content (AvgIpc) is 2.52. The minimum atomic E-state index is -0.922. The third kappa shape index (κ3) is 4.30. The quantitative estimate of drug-likeness (QED) is 0.582. The Kier molecular flexibility index (Phi) is 4.58. The van der Waals surface area contributed by atoms with Gasteiger partial charge in [-0.25, -0.2) is 0 Å². The fraction of sp³-hybridized carbons (Fsp3) is 0.533. The Hall–Kier alpha value is -1.09. The van der Waals surface area contributed by atoms with Crippen LogP contribution in [0.1, 0.15) is 24.8 Å². The Balaban J connectivity index is 1.83. The van der Waals surface area contributed by atoms with E-state index in [9.17, 15) is 0 Å². The first-order valence-corrected chi connectivity index (χ1v) is 10.3. The molecular weight excluding hydrogens is 238 g/mol. The molecule has 0 bridgehead atoms. The van der Waals surface area contributed by atoms with Gasteiger partial charge >= 0.3 is 0 Å². The molecule has 0 atom stereocenters. The molecule has 2 rings (SSSR count). The zero-order chi connectivity index (χ0) is 12.8. The van der Waals surface area contributed by atoms with Gasteiger partial charge in [0.25, 0.3) is 0 Å². The van der Waals surface area contributed by atoms with E-state index < -0.39 is 8.07 Å². The summed E-state index contributed by atoms with van der Waals surface area (Å²) in [6, 6.07) is 13.0. The van der Waals surface area contributed by atoms with Crippen LogP contribution in [0.2, 0.25) is 25.2 Å². The van der Waals surface area contributed by atoms with Gasteiger partial charge in [0.15, 0.2) is 0 Å². The molecule has 0 aromatic heterocycles. The van der Waals surface area contributed by atoms with Crippen molar-refractivity contribution in [3.63, 3.8) is 0 Å². The SMILES string of the molecule is C[Si]1(C)CCC/C(=N\OCc2ccccc2)CC1. The zero-order valence-corrected chi connectivity index (χ0v) is 12.5. The van der Waals surface area contributed by atoms with Crippen molar-refractivity contribution in [3.8, 4) is 0 Å². The lowest BCUT2D eigenvalue weighted by Gasteiger charge is -2.18. The molecule has 1 aliphatic rings. The summed E-state index contributed by atoms with van der Waals surface area (Å²) in [5.74, 6) is 0. The largest absolute Gasteiger partial charge is 0.391 e. The highest BCUT2D eigenvalue weighted by atomic mass is 28.3. The molecule has 0 unspecified atom stereocenters. The molecule has 18 heavy (non-hydrogen) atoms. The van der Waals surface area contributed by atoms with Crippen molar-refractivity contribution in [1.82, 2.24) is 0 Å². The monoisotopic (exact) mass is 261 g/mol. The summed E-state index contributed by atoms with van der Waals surface area (Å²) in [5.41, 5.74) is 2.45. The number of rotatable bonds is 3. The molecule has 0 radical (unpaired) electrons. The molecule has 2 nitrogen and oxygen atoms in total. The highest BCUT2D eigenvalue weighted by Gasteiger charge is 2.24. The van der Waals surface area contributed by atoms with Crippen molar-refractivity contribution in [2.75, 3.05) is 0 Å². The predicted molar refractivity (Wildman–Crippen MR) is 79.6 cm³/mol. The molecule has 98 valence electrons. The Labute approximate surface area is 111 Å². The highest BCUT2D eigenvalue weighted by molar-refractivity contribution is 6.77. The van der Waals surface area contributed by atoms with Gasteiger partial charge in [0.1, 0.15) is 6.61 Å². The number of hydrogen-bond acceptors (Lipinski definition) is 2. The zero-order valence-electron chi connectivity index (χ0n) is 11.5. The Morgan fingerprint density at radius 3 is 2.67 bits per heavy atom. The van der Waals surface area contributed by atoms with Crippen LogP contribution in [0.15, 0.2) is 35.5 Å². The second-order valence-corrected chi connectivity index (χ2v) is 11.3. The summed E-state index contributed by atoms with van der Waals surface area (Å²) in [4.78, 5) is 5.49. The van der Waals surface area contributed by atoms with Gasteiger partial charge in [-0.3, -0.25) is 0 Å². The molecule has 0 spiro atoms. The number of oxime groups is 1. The maximum Gasteiger partial charge on any atom is 0.142 e. The first kappa shape index (κ1) is 13.3. The minimum absolute atomic E-state index is 0.588. The first-order valence-electron chi connectivity index (χ1n) is 6.87. The van der Waals surface area contributed by atoms with Crippen molar-refractivity contribution in [3.05, 3.63) is 35.9 Å². The fourth-order valence-electron chi connectivity index (χ4n) is 2.37. The van der Waals surface area contributed by atoms with Crippen LogP contribution in [0.5, 0.6) is 0 Å². The van der Waals surface area contributed by atoms with Gasteiger partial charge in [0.2, 0.25) is 0 Å². The van der Waals surface area contributed by atoms with E-state index in [4.69, 9.17) is 4.84 Å². The van der Waals surface area contributed by atoms with E-state index >= 15 is 0 Å². The Morgan fingerprint density at radius 1 is 1.11 bits per heavy atom. The van der Waals surface area contributed by atoms with Gasteiger partial charge in [-0.15, -0.1) is 0 Å². The normalized spacial score (nSPS) is 21.6. The topological polar surface area (TPSA) is 21.6 Å². The van der Waals surface area contributed by atoms with Crippen molar-refractivity contribution in [2.24, 2.45) is 5.16 Å². The highest BCUT2D eigenvalue weighted by Crippen LogP contribution is 2.25. The predicted octanol–water partition coefficient (Wildman–Crippen LogP) is 4.45. The summed E-state index contributed by atoms with van der Waals surface area (Å²) < 4.78 is 0. The van der Waals surface area contributed by atoms with E-state index in [1.165, 1.54) is 29.8 Å². The van der Waals surface area contributed by atoms with Gasteiger partial charge in [-0.05, 0) is 18.4 Å². The van der Waals surface area contributed by atoms with Crippen LogP contribution >= 0.6 is 0 Å². The lowest BCUT2D eigenvalue weighted by Crippen LogP contribution is -2.23. The Morgan fingerprint density at radius 2 is 1.89 bits per heavy atom. The third-order valence-electron chi connectivity index (χ3n) is 3.68. The molecule has 0 N–H and O–H groups in total. The molecule has 1 fully saturated rings. The van der Waals surface area contributed by atoms with Gasteiger partial charge in [0.05, 0.1) is 5.71 Å². The van der Waals surface area contributed by atoms with E-state index in [1.54, 1.807) is 0 Å². The Bertz CT molecular complexity index is 400. The number of benzene rings is 1. The summed E-state index contributed by atoms with van der Waals surface area (Å²) in [6.45, 7) is 5.56. The van der Waals surface area contributed by atoms with Crippen LogP contribution in [0.25, 0.3) is 0 Å². The summed E-state index contributed by atoms with van der Waals surface area (Å²) >= 11 is 0. The third-order valence-corrected chi connectivity index (χ3v) is 6.99. The van der Waals surface area contributed by atoms with Gasteiger partial charge in [0, 0.05) is 8.07 Å². The summed E-state index contributed by atoms with van der Waals surface area (Å²) in [7, 11) is -0.922. The first-order chi connectivity index (χ1) is 8.66. The van der Waals surface area contributed by atoms with Crippen molar-refractivity contribution < 1.29 is 4.84 Å². The second-order valence-electron chi connectivity index (χ2n) is 5.93. The van der Waals surface area contributed by atoms with Crippen molar-refractivity contribution in [2.45, 2.75) is 51.1 Å². The van der Waals surface area contributed by atoms with Crippen LogP contribution < -0.4 is 0 Å². The van der Waals surface area contributed by atoms with Crippen LogP contribution in [0.4, 0.5) is 0 Å². The van der Waals surface area contributed by atoms with E-state index in [-0.39, 0.29) is 0 Å². The van der Waals surface area contributed by atoms with Crippen LogP contribution in [-0.2, 0) is 11.4 Å². The minimum Gasteiger partial charge on any atom is -0.391 e. The molecular formula is C15H23NOSi. The maximum absolute atomic E-state index is 5.49. The lowest BCUT2D eigenvalue weighted by molar-refractivity contribution is 0.129. The van der Waals surface area contributed by atoms with Gasteiger partial charge in [-0.2, -0.15) is 0 Å². The molecule has 1 saturated heterocycles. The molecule has 0 saturated carbocycles. The summed E-state index contributed by atoms with van der Waals surface area (Å²) in [6.07, 6.45) is 3.58. The van der Waals surface area contributed by atoms with Crippen LogP contribution in [0.3, 0.4) is 0 Å². The van der Waals surface area contributed by atoms with Crippen LogP contribution in [0, 0.1) is 0 Å². The van der Waals surface area contributed by atoms with Crippen molar-refractivity contribution in [1.29, 1.82) is 0 Å².